The molecule has 0 fully saturated rings. The second-order valence-electron chi connectivity index (χ2n) is 8.35. The monoisotopic (exact) mass is 619 g/mol. The van der Waals surface area contributed by atoms with Crippen LogP contribution in [0.5, 0.6) is 0 Å². The van der Waals surface area contributed by atoms with Gasteiger partial charge < -0.3 is 0 Å². The minimum atomic E-state index is -0.836. The fourth-order valence-corrected chi connectivity index (χ4v) is 5.41. The number of benzene rings is 5. The molecule has 186 valence electrons. The van der Waals surface area contributed by atoms with Crippen LogP contribution in [0, 0.1) is 33.9 Å². The second kappa shape index (κ2) is 9.59. The number of carbonyl (C=O) groups excluding carboxylic acids is 1. The molecule has 0 radical (unpaired) electrons. The number of hydrogen-bond donors (Lipinski definition) is 0. The van der Waals surface area contributed by atoms with Crippen LogP contribution in [0.25, 0.3) is 32.7 Å². The van der Waals surface area contributed by atoms with Gasteiger partial charge in [0.2, 0.25) is 0 Å². The van der Waals surface area contributed by atoms with Crippen molar-refractivity contribution in [2.24, 2.45) is 0 Å². The maximum atomic E-state index is 12.5. The first kappa shape index (κ1) is 24.9. The highest BCUT2D eigenvalue weighted by Crippen LogP contribution is 2.47. The molecular formula is C27H14IN3O7. The van der Waals surface area contributed by atoms with Gasteiger partial charge in [-0.25, -0.2) is 0 Å². The molecule has 0 spiro atoms. The summed E-state index contributed by atoms with van der Waals surface area (Å²) in [4.78, 5) is 43.3. The highest BCUT2D eigenvalue weighted by Gasteiger charge is 2.38. The van der Waals surface area contributed by atoms with Crippen molar-refractivity contribution in [1.29, 1.82) is 0 Å². The first-order chi connectivity index (χ1) is 18.2. The van der Waals surface area contributed by atoms with Gasteiger partial charge in [0.15, 0.2) is 5.78 Å². The number of non-ortho nitro benzene ring substituents is 2. The van der Waals surface area contributed by atoms with E-state index in [9.17, 15) is 35.1 Å². The lowest BCUT2D eigenvalue weighted by molar-refractivity contribution is -0.393. The minimum Gasteiger partial charge on any atom is -0.289 e. The van der Waals surface area contributed by atoms with Crippen LogP contribution in [0.3, 0.4) is 0 Å². The van der Waals surface area contributed by atoms with Crippen molar-refractivity contribution in [2.75, 3.05) is 0 Å². The summed E-state index contributed by atoms with van der Waals surface area (Å²) in [6.45, 7) is 0. The summed E-state index contributed by atoms with van der Waals surface area (Å²) < 4.78 is 0.279. The smallest absolute Gasteiger partial charge is 0.284 e. The minimum absolute atomic E-state index is 0.0510. The predicted octanol–water partition coefficient (Wildman–Crippen LogP) is 7.22. The van der Waals surface area contributed by atoms with Gasteiger partial charge in [-0.1, -0.05) is 60.7 Å². The molecule has 11 heteroatoms. The third kappa shape index (κ3) is 4.22. The maximum absolute atomic E-state index is 12.5. The molecule has 0 aromatic heterocycles. The van der Waals surface area contributed by atoms with Crippen molar-refractivity contribution in [3.8, 4) is 11.1 Å². The molecule has 10 nitrogen and oxygen atoms in total. The summed E-state index contributed by atoms with van der Waals surface area (Å²) in [5.74, 6) is -0.714. The zero-order valence-electron chi connectivity index (χ0n) is 19.2. The first-order valence-electron chi connectivity index (χ1n) is 11.0. The topological polar surface area (TPSA) is 146 Å². The van der Waals surface area contributed by atoms with Crippen LogP contribution in [0.4, 0.5) is 17.1 Å². The van der Waals surface area contributed by atoms with Gasteiger partial charge in [-0.05, 0) is 44.1 Å². The normalized spacial score (nSPS) is 11.4. The summed E-state index contributed by atoms with van der Waals surface area (Å²) in [6.07, 6.45) is 0. The standard InChI is InChI=1S/C14H10.C13H4IN3O7/c1-3-7-13-11(5-1)9-10-12-6-2-4-8-14(12)13;14-9-3-5(15(19)20)1-7-11(9)12-8(13(7)18)2-6(16(21)22)4-10(12)17(23)24/h1-10H;1-4H. The van der Waals surface area contributed by atoms with Crippen molar-refractivity contribution in [2.45, 2.75) is 0 Å². The molecule has 0 amide bonds. The van der Waals surface area contributed by atoms with E-state index in [0.29, 0.717) is 0 Å². The van der Waals surface area contributed by atoms with Crippen LogP contribution in [0.1, 0.15) is 15.9 Å². The zero-order valence-corrected chi connectivity index (χ0v) is 21.3. The van der Waals surface area contributed by atoms with Gasteiger partial charge in [-0.2, -0.15) is 0 Å². The fourth-order valence-electron chi connectivity index (χ4n) is 4.53. The van der Waals surface area contributed by atoms with Crippen LogP contribution < -0.4 is 0 Å². The van der Waals surface area contributed by atoms with Crippen LogP contribution in [-0.4, -0.2) is 20.6 Å². The number of nitro benzene ring substituents is 3. The van der Waals surface area contributed by atoms with Gasteiger partial charge in [0, 0.05) is 38.5 Å². The molecule has 0 saturated carbocycles. The third-order valence-corrected chi connectivity index (χ3v) is 7.04. The van der Waals surface area contributed by atoms with E-state index in [1.165, 1.54) is 27.6 Å². The van der Waals surface area contributed by atoms with E-state index < -0.39 is 31.9 Å². The second-order valence-corrected chi connectivity index (χ2v) is 9.51. The first-order valence-corrected chi connectivity index (χ1v) is 12.1. The molecule has 0 unspecified atom stereocenters. The third-order valence-electron chi connectivity index (χ3n) is 6.19. The van der Waals surface area contributed by atoms with Crippen molar-refractivity contribution in [3.05, 3.63) is 130 Å². The molecule has 1 aliphatic carbocycles. The van der Waals surface area contributed by atoms with Gasteiger partial charge in [-0.15, -0.1) is 0 Å². The Hall–Kier alpha value is -4.78. The molecule has 5 aromatic rings. The Morgan fingerprint density at radius 2 is 1.05 bits per heavy atom. The van der Waals surface area contributed by atoms with E-state index in [4.69, 9.17) is 0 Å². The molecule has 0 heterocycles. The van der Waals surface area contributed by atoms with E-state index in [1.54, 1.807) is 22.6 Å². The molecule has 0 bridgehead atoms. The largest absolute Gasteiger partial charge is 0.289 e. The number of halogens is 1. The molecular weight excluding hydrogens is 605 g/mol. The zero-order chi connectivity index (χ0) is 27.1. The van der Waals surface area contributed by atoms with E-state index in [2.05, 4.69) is 60.7 Å². The summed E-state index contributed by atoms with van der Waals surface area (Å²) in [5, 5.41) is 38.5. The highest BCUT2D eigenvalue weighted by atomic mass is 127. The molecule has 0 atom stereocenters. The summed E-state index contributed by atoms with van der Waals surface area (Å²) in [6, 6.07) is 25.3. The summed E-state index contributed by atoms with van der Waals surface area (Å²) in [5.41, 5.74) is -1.66. The molecule has 0 aliphatic heterocycles. The number of carbonyl (C=O) groups is 1. The van der Waals surface area contributed by atoms with Crippen LogP contribution in [0.15, 0.2) is 84.9 Å². The van der Waals surface area contributed by atoms with Crippen LogP contribution in [-0.2, 0) is 0 Å². The average Bonchev–Trinajstić information content (AvgIpc) is 3.20. The Kier molecular flexibility index (Phi) is 6.28. The Morgan fingerprint density at radius 1 is 0.579 bits per heavy atom. The van der Waals surface area contributed by atoms with E-state index in [1.807, 2.05) is 0 Å². The van der Waals surface area contributed by atoms with Crippen molar-refractivity contribution in [3.63, 3.8) is 0 Å². The molecule has 0 saturated heterocycles. The number of nitrogens with zero attached hydrogens (tertiary/aromatic N) is 3. The SMILES string of the molecule is O=C1c2cc([N+](=O)[O-])cc(I)c2-c2c1cc([N+](=O)[O-])cc2[N+](=O)[O-].c1ccc2c(c1)ccc1ccccc12. The summed E-state index contributed by atoms with van der Waals surface area (Å²) >= 11 is 1.74. The van der Waals surface area contributed by atoms with Crippen molar-refractivity contribution >= 4 is 67.0 Å². The summed E-state index contributed by atoms with van der Waals surface area (Å²) in [7, 11) is 0. The lowest BCUT2D eigenvalue weighted by atomic mass is 10.0. The Morgan fingerprint density at radius 3 is 1.55 bits per heavy atom. The molecule has 5 aromatic carbocycles. The van der Waals surface area contributed by atoms with Gasteiger partial charge >= 0.3 is 0 Å². The molecule has 38 heavy (non-hydrogen) atoms. The van der Waals surface area contributed by atoms with Gasteiger partial charge in [0.25, 0.3) is 17.1 Å². The van der Waals surface area contributed by atoms with Crippen LogP contribution >= 0.6 is 22.6 Å². The molecule has 1 aliphatic rings. The van der Waals surface area contributed by atoms with E-state index >= 15 is 0 Å². The van der Waals surface area contributed by atoms with E-state index in [0.717, 1.165) is 18.2 Å². The van der Waals surface area contributed by atoms with Gasteiger partial charge in [-0.3, -0.25) is 35.1 Å². The number of rotatable bonds is 3. The fraction of sp³-hybridized carbons (Fsp3) is 0. The maximum Gasteiger partial charge on any atom is 0.284 e. The predicted molar refractivity (Wildman–Crippen MR) is 149 cm³/mol. The van der Waals surface area contributed by atoms with Crippen molar-refractivity contribution in [1.82, 2.24) is 0 Å². The molecule has 6 rings (SSSR count). The average molecular weight is 619 g/mol. The highest BCUT2D eigenvalue weighted by molar-refractivity contribution is 14.1. The number of nitro groups is 3. The van der Waals surface area contributed by atoms with Gasteiger partial charge in [0.05, 0.1) is 26.4 Å². The quantitative estimate of drug-likeness (QED) is 0.0880. The number of hydrogen-bond acceptors (Lipinski definition) is 7. The lowest BCUT2D eigenvalue weighted by Crippen LogP contribution is -2.00. The Labute approximate surface area is 227 Å². The van der Waals surface area contributed by atoms with Gasteiger partial charge in [0.1, 0.15) is 0 Å². The lowest BCUT2D eigenvalue weighted by Gasteiger charge is -2.04. The van der Waals surface area contributed by atoms with Crippen molar-refractivity contribution < 1.29 is 19.6 Å². The van der Waals surface area contributed by atoms with E-state index in [-0.39, 0.29) is 31.5 Å². The van der Waals surface area contributed by atoms with Crippen LogP contribution in [0.2, 0.25) is 0 Å². The number of fused-ring (bicyclic) bond motifs is 6. The Bertz CT molecular complexity index is 1800. The number of ketones is 1. The molecule has 0 N–H and O–H groups in total. The Balaban J connectivity index is 0.000000177.